The molecule has 4 N–H and O–H groups in total. The molecular formula is C9H14N2O2S. The van der Waals surface area contributed by atoms with Gasteiger partial charge >= 0.3 is 0 Å². The zero-order chi connectivity index (χ0) is 11.0. The van der Waals surface area contributed by atoms with Crippen molar-refractivity contribution in [2.45, 2.75) is 0 Å². The number of hydrogen-bond acceptors (Lipinski definition) is 3. The lowest BCUT2D eigenvalue weighted by molar-refractivity contribution is 0.373. The number of ether oxygens (including phenoxy) is 1. The number of nitrogens with one attached hydrogen (secondary N) is 1. The summed E-state index contributed by atoms with van der Waals surface area (Å²) in [7, 11) is 3.21. The molecule has 0 aliphatic carbocycles. The molecule has 0 fully saturated rings. The van der Waals surface area contributed by atoms with Gasteiger partial charge in [0.05, 0.1) is 7.11 Å². The molecule has 0 radical (unpaired) electrons. The fourth-order valence-corrected chi connectivity index (χ4v) is 0.630. The molecule has 0 unspecified atom stereocenters. The van der Waals surface area contributed by atoms with E-state index in [1.165, 1.54) is 7.11 Å². The number of rotatable bonds is 1. The second-order valence-corrected chi connectivity index (χ2v) is 2.73. The number of para-hydroxylation sites is 2. The minimum absolute atomic E-state index is 0.181. The van der Waals surface area contributed by atoms with E-state index in [4.69, 9.17) is 15.6 Å². The molecule has 1 aromatic rings. The van der Waals surface area contributed by atoms with Crippen LogP contribution in [0.4, 0.5) is 0 Å². The van der Waals surface area contributed by atoms with Gasteiger partial charge in [0.15, 0.2) is 16.6 Å². The van der Waals surface area contributed by atoms with E-state index in [0.717, 1.165) is 0 Å². The third kappa shape index (κ3) is 5.21. The quantitative estimate of drug-likeness (QED) is 0.605. The highest BCUT2D eigenvalue weighted by Crippen LogP contribution is 2.22. The van der Waals surface area contributed by atoms with Crippen molar-refractivity contribution < 1.29 is 9.84 Å². The molecule has 0 spiro atoms. The molecule has 0 saturated carbocycles. The van der Waals surface area contributed by atoms with Crippen molar-refractivity contribution in [3.05, 3.63) is 24.3 Å². The second-order valence-electron chi connectivity index (χ2n) is 2.29. The van der Waals surface area contributed by atoms with E-state index in [-0.39, 0.29) is 5.75 Å². The minimum Gasteiger partial charge on any atom is -0.504 e. The Balaban J connectivity index is 0.000000292. The van der Waals surface area contributed by atoms with E-state index in [0.29, 0.717) is 10.9 Å². The molecule has 0 atom stereocenters. The number of thiocarbonyl (C=S) groups is 1. The van der Waals surface area contributed by atoms with Crippen LogP contribution in [0.5, 0.6) is 11.5 Å². The number of benzene rings is 1. The summed E-state index contributed by atoms with van der Waals surface area (Å²) < 4.78 is 4.79. The van der Waals surface area contributed by atoms with Crippen LogP contribution in [0.25, 0.3) is 0 Å². The lowest BCUT2D eigenvalue weighted by atomic mass is 10.3. The Bertz CT molecular complexity index is 292. The molecule has 5 heteroatoms. The maximum Gasteiger partial charge on any atom is 0.163 e. The highest BCUT2D eigenvalue weighted by molar-refractivity contribution is 7.80. The third-order valence-corrected chi connectivity index (χ3v) is 1.54. The van der Waals surface area contributed by atoms with Gasteiger partial charge in [-0.1, -0.05) is 12.1 Å². The first-order valence-electron chi connectivity index (χ1n) is 3.91. The number of nitrogens with two attached hydrogens (primary N) is 1. The Morgan fingerprint density at radius 2 is 2.00 bits per heavy atom. The first kappa shape index (κ1) is 12.5. The summed E-state index contributed by atoms with van der Waals surface area (Å²) >= 11 is 4.36. The summed E-state index contributed by atoms with van der Waals surface area (Å²) in [5.74, 6) is 0.692. The highest BCUT2D eigenvalue weighted by atomic mass is 32.1. The zero-order valence-corrected chi connectivity index (χ0v) is 8.97. The molecule has 0 aliphatic rings. The van der Waals surface area contributed by atoms with E-state index in [1.54, 1.807) is 31.3 Å². The fraction of sp³-hybridized carbons (Fsp3) is 0.222. The van der Waals surface area contributed by atoms with Crippen molar-refractivity contribution >= 4 is 17.3 Å². The van der Waals surface area contributed by atoms with Crippen molar-refractivity contribution in [1.29, 1.82) is 0 Å². The van der Waals surface area contributed by atoms with E-state index in [2.05, 4.69) is 17.5 Å². The van der Waals surface area contributed by atoms with Crippen molar-refractivity contribution in [3.63, 3.8) is 0 Å². The molecular weight excluding hydrogens is 200 g/mol. The normalized spacial score (nSPS) is 8.14. The summed E-state index contributed by atoms with van der Waals surface area (Å²) in [5.41, 5.74) is 4.91. The van der Waals surface area contributed by atoms with Gasteiger partial charge in [-0.05, 0) is 24.4 Å². The molecule has 0 saturated heterocycles. The lowest BCUT2D eigenvalue weighted by Crippen LogP contribution is -2.24. The molecule has 0 amide bonds. The van der Waals surface area contributed by atoms with Crippen molar-refractivity contribution in [2.75, 3.05) is 14.2 Å². The Hall–Kier alpha value is -1.49. The minimum atomic E-state index is 0.181. The topological polar surface area (TPSA) is 67.5 Å². The number of phenols is 1. The van der Waals surface area contributed by atoms with E-state index >= 15 is 0 Å². The Kier molecular flexibility index (Phi) is 6.22. The monoisotopic (exact) mass is 214 g/mol. The lowest BCUT2D eigenvalue weighted by Gasteiger charge is -1.99. The van der Waals surface area contributed by atoms with E-state index in [9.17, 15) is 0 Å². The molecule has 14 heavy (non-hydrogen) atoms. The zero-order valence-electron chi connectivity index (χ0n) is 8.15. The molecule has 0 bridgehead atoms. The molecule has 0 aromatic heterocycles. The van der Waals surface area contributed by atoms with E-state index in [1.807, 2.05) is 0 Å². The molecule has 78 valence electrons. The fourth-order valence-electron chi connectivity index (χ4n) is 0.630. The maximum atomic E-state index is 8.99. The third-order valence-electron chi connectivity index (χ3n) is 1.33. The molecule has 1 aromatic carbocycles. The average molecular weight is 214 g/mol. The van der Waals surface area contributed by atoms with Gasteiger partial charge in [0.25, 0.3) is 0 Å². The van der Waals surface area contributed by atoms with Gasteiger partial charge < -0.3 is 20.9 Å². The second kappa shape index (κ2) is 6.97. The summed E-state index contributed by atoms with van der Waals surface area (Å²) in [6.07, 6.45) is 0. The number of phenolic OH excluding ortho intramolecular Hbond substituents is 1. The van der Waals surface area contributed by atoms with Gasteiger partial charge in [-0.15, -0.1) is 0 Å². The Morgan fingerprint density at radius 3 is 2.29 bits per heavy atom. The predicted octanol–water partition coefficient (Wildman–Crippen LogP) is 0.850. The maximum absolute atomic E-state index is 8.99. The number of hydrogen-bond donors (Lipinski definition) is 3. The molecule has 1 rings (SSSR count). The summed E-state index contributed by atoms with van der Waals surface area (Å²) in [5, 5.41) is 11.9. The highest BCUT2D eigenvalue weighted by Gasteiger charge is 1.94. The van der Waals surface area contributed by atoms with Crippen LogP contribution in [0.3, 0.4) is 0 Å². The van der Waals surface area contributed by atoms with E-state index < -0.39 is 0 Å². The van der Waals surface area contributed by atoms with Crippen LogP contribution in [0.2, 0.25) is 0 Å². The first-order valence-corrected chi connectivity index (χ1v) is 4.31. The smallest absolute Gasteiger partial charge is 0.163 e. The van der Waals surface area contributed by atoms with Gasteiger partial charge in [0, 0.05) is 7.05 Å². The predicted molar refractivity (Wildman–Crippen MR) is 60.5 cm³/mol. The van der Waals surface area contributed by atoms with Crippen LogP contribution >= 0.6 is 12.2 Å². The summed E-state index contributed by atoms with van der Waals surface area (Å²) in [6, 6.07) is 6.84. The van der Waals surface area contributed by atoms with Gasteiger partial charge in [0.2, 0.25) is 0 Å². The van der Waals surface area contributed by atoms with Crippen molar-refractivity contribution in [2.24, 2.45) is 5.73 Å². The van der Waals surface area contributed by atoms with Crippen LogP contribution in [0, 0.1) is 0 Å². The first-order chi connectivity index (χ1) is 6.61. The van der Waals surface area contributed by atoms with Crippen LogP contribution < -0.4 is 15.8 Å². The largest absolute Gasteiger partial charge is 0.504 e. The summed E-state index contributed by atoms with van der Waals surface area (Å²) in [4.78, 5) is 0. The standard InChI is InChI=1S/C7H8O2.C2H6N2S/c1-9-7-5-3-2-4-6(7)8;1-4-2(3)5/h2-5,8H,1H3;1H3,(H3,3,4,5). The average Bonchev–Trinajstić information content (AvgIpc) is 2.19. The van der Waals surface area contributed by atoms with Crippen molar-refractivity contribution in [3.8, 4) is 11.5 Å². The number of methoxy groups -OCH3 is 1. The van der Waals surface area contributed by atoms with Crippen molar-refractivity contribution in [1.82, 2.24) is 5.32 Å². The molecule has 0 heterocycles. The molecule has 4 nitrogen and oxygen atoms in total. The van der Waals surface area contributed by atoms with Crippen LogP contribution in [0.1, 0.15) is 0 Å². The number of aromatic hydroxyl groups is 1. The van der Waals surface area contributed by atoms with Gasteiger partial charge in [-0.25, -0.2) is 0 Å². The van der Waals surface area contributed by atoms with Crippen LogP contribution in [-0.4, -0.2) is 24.4 Å². The van der Waals surface area contributed by atoms with Crippen LogP contribution in [0.15, 0.2) is 24.3 Å². The molecule has 0 aliphatic heterocycles. The van der Waals surface area contributed by atoms with Crippen LogP contribution in [-0.2, 0) is 0 Å². The Morgan fingerprint density at radius 1 is 1.50 bits per heavy atom. The summed E-state index contributed by atoms with van der Waals surface area (Å²) in [6.45, 7) is 0. The SMILES string of the molecule is CNC(N)=S.COc1ccccc1O. The van der Waals surface area contributed by atoms with Gasteiger partial charge in [-0.2, -0.15) is 0 Å². The van der Waals surface area contributed by atoms with Gasteiger partial charge in [-0.3, -0.25) is 0 Å². The van der Waals surface area contributed by atoms with Gasteiger partial charge in [0.1, 0.15) is 0 Å². The Labute approximate surface area is 88.7 Å².